The van der Waals surface area contributed by atoms with Crippen LogP contribution in [0.15, 0.2) is 212 Å². The van der Waals surface area contributed by atoms with E-state index in [0.29, 0.717) is 0 Å². The van der Waals surface area contributed by atoms with Crippen LogP contribution in [0, 0.1) is 0 Å². The van der Waals surface area contributed by atoms with Crippen LogP contribution in [0.3, 0.4) is 0 Å². The van der Waals surface area contributed by atoms with Crippen LogP contribution in [-0.4, -0.2) is 0 Å². The maximum Gasteiger partial charge on any atom is 0.0734 e. The second-order valence-corrected chi connectivity index (χ2v) is 16.0. The predicted molar refractivity (Wildman–Crippen MR) is 239 cm³/mol. The summed E-state index contributed by atoms with van der Waals surface area (Å²) in [7, 11) is 0. The highest BCUT2D eigenvalue weighted by Crippen LogP contribution is 2.61. The molecule has 57 heavy (non-hydrogen) atoms. The van der Waals surface area contributed by atoms with Crippen molar-refractivity contribution in [3.63, 3.8) is 0 Å². The fourth-order valence-electron chi connectivity index (χ4n) is 10.2. The molecule has 270 valence electrons. The highest BCUT2D eigenvalue weighted by Gasteiger charge is 2.48. The molecule has 0 radical (unpaired) electrons. The summed E-state index contributed by atoms with van der Waals surface area (Å²) in [6.07, 6.45) is 0. The Labute approximate surface area is 335 Å². The fourth-order valence-corrected chi connectivity index (χ4v) is 10.2. The Balaban J connectivity index is 1.25. The lowest BCUT2D eigenvalue weighted by atomic mass is 9.67. The van der Waals surface area contributed by atoms with Crippen molar-refractivity contribution in [2.45, 2.75) is 24.7 Å². The number of hydrogen-bond acceptors (Lipinski definition) is 1. The normalized spacial score (nSPS) is 14.1. The molecule has 0 unspecified atom stereocenters. The summed E-state index contributed by atoms with van der Waals surface area (Å²) < 4.78 is 0. The third kappa shape index (κ3) is 4.82. The molecule has 2 aliphatic carbocycles. The summed E-state index contributed by atoms with van der Waals surface area (Å²) in [5.74, 6) is 0. The zero-order valence-corrected chi connectivity index (χ0v) is 32.2. The van der Waals surface area contributed by atoms with Crippen LogP contribution < -0.4 is 4.90 Å². The SMILES string of the molecule is CC1(C)c2cc(N(c3ccccc3-c3ccccc3)c3cccc4c3C(c3ccccc3)(c3ccccc3)c3ccccc3-4)ccc2-c2c1ccc1ccccc21. The topological polar surface area (TPSA) is 3.24 Å². The van der Waals surface area contributed by atoms with Gasteiger partial charge in [-0.1, -0.05) is 202 Å². The van der Waals surface area contributed by atoms with Crippen molar-refractivity contribution in [1.82, 2.24) is 0 Å². The zero-order valence-electron chi connectivity index (χ0n) is 32.2. The molecular formula is C56H41N. The minimum Gasteiger partial charge on any atom is -0.310 e. The van der Waals surface area contributed by atoms with Gasteiger partial charge < -0.3 is 4.90 Å². The molecule has 0 atom stereocenters. The summed E-state index contributed by atoms with van der Waals surface area (Å²) in [5, 5.41) is 2.59. The fraction of sp³-hybridized carbons (Fsp3) is 0.0714. The summed E-state index contributed by atoms with van der Waals surface area (Å²) in [4.78, 5) is 2.56. The average Bonchev–Trinajstić information content (AvgIpc) is 3.71. The lowest BCUT2D eigenvalue weighted by Crippen LogP contribution is -2.30. The molecule has 1 nitrogen and oxygen atoms in total. The number of para-hydroxylation sites is 1. The van der Waals surface area contributed by atoms with Gasteiger partial charge in [0.25, 0.3) is 0 Å². The lowest BCUT2D eigenvalue weighted by molar-refractivity contribution is 0.661. The molecular weight excluding hydrogens is 687 g/mol. The zero-order chi connectivity index (χ0) is 38.1. The molecule has 9 aromatic rings. The first-order chi connectivity index (χ1) is 28.1. The van der Waals surface area contributed by atoms with Gasteiger partial charge in [0.15, 0.2) is 0 Å². The number of benzene rings is 9. The molecule has 0 amide bonds. The molecule has 0 N–H and O–H groups in total. The molecule has 2 aliphatic rings. The highest BCUT2D eigenvalue weighted by atomic mass is 15.1. The summed E-state index contributed by atoms with van der Waals surface area (Å²) in [5.41, 5.74) is 18.1. The average molecular weight is 728 g/mol. The van der Waals surface area contributed by atoms with Crippen molar-refractivity contribution in [3.05, 3.63) is 246 Å². The summed E-state index contributed by atoms with van der Waals surface area (Å²) in [6, 6.07) is 78.8. The minimum atomic E-state index is -0.573. The van der Waals surface area contributed by atoms with Gasteiger partial charge in [0.05, 0.1) is 16.8 Å². The number of rotatable bonds is 6. The Bertz CT molecular complexity index is 2940. The standard InChI is InChI=1S/C56H41N/c1-55(2)49-36-33-39-21-12-13-27-44(39)53(49)47-35-34-42(37-50(47)55)57(51-31-17-15-26-43(51)38-19-6-3-7-20-38)52-32-18-29-46-45-28-14-16-30-48(45)56(54(46)52,40-22-8-4-9-23-40)41-24-10-5-11-25-41/h3-37H,1-2H3. The molecule has 0 saturated carbocycles. The van der Waals surface area contributed by atoms with Gasteiger partial charge in [-0.05, 0) is 90.7 Å². The predicted octanol–water partition coefficient (Wildman–Crippen LogP) is 14.6. The van der Waals surface area contributed by atoms with E-state index in [9.17, 15) is 0 Å². The molecule has 11 rings (SSSR count). The number of anilines is 3. The monoisotopic (exact) mass is 727 g/mol. The van der Waals surface area contributed by atoms with Crippen LogP contribution in [0.4, 0.5) is 17.1 Å². The van der Waals surface area contributed by atoms with Crippen LogP contribution in [0.5, 0.6) is 0 Å². The van der Waals surface area contributed by atoms with Gasteiger partial charge in [-0.2, -0.15) is 0 Å². The third-order valence-corrected chi connectivity index (χ3v) is 12.7. The summed E-state index contributed by atoms with van der Waals surface area (Å²) >= 11 is 0. The molecule has 0 aromatic heterocycles. The maximum atomic E-state index is 2.56. The van der Waals surface area contributed by atoms with Crippen LogP contribution in [-0.2, 0) is 10.8 Å². The van der Waals surface area contributed by atoms with Gasteiger partial charge in [0.2, 0.25) is 0 Å². The van der Waals surface area contributed by atoms with E-state index in [1.807, 2.05) is 0 Å². The Morgan fingerprint density at radius 2 is 0.982 bits per heavy atom. The minimum absolute atomic E-state index is 0.192. The van der Waals surface area contributed by atoms with Gasteiger partial charge in [0.1, 0.15) is 0 Å². The third-order valence-electron chi connectivity index (χ3n) is 12.7. The van der Waals surface area contributed by atoms with Crippen molar-refractivity contribution in [2.24, 2.45) is 0 Å². The van der Waals surface area contributed by atoms with Crippen molar-refractivity contribution in [2.75, 3.05) is 4.90 Å². The van der Waals surface area contributed by atoms with Crippen molar-refractivity contribution in [3.8, 4) is 33.4 Å². The largest absolute Gasteiger partial charge is 0.310 e. The Hall–Kier alpha value is -6.96. The first-order valence-electron chi connectivity index (χ1n) is 20.0. The smallest absolute Gasteiger partial charge is 0.0734 e. The molecule has 1 heteroatoms. The van der Waals surface area contributed by atoms with Crippen molar-refractivity contribution in [1.29, 1.82) is 0 Å². The van der Waals surface area contributed by atoms with Gasteiger partial charge in [-0.3, -0.25) is 0 Å². The maximum absolute atomic E-state index is 2.56. The second-order valence-electron chi connectivity index (χ2n) is 16.0. The van der Waals surface area contributed by atoms with E-state index in [0.717, 1.165) is 11.4 Å². The van der Waals surface area contributed by atoms with Crippen LogP contribution in [0.2, 0.25) is 0 Å². The Kier molecular flexibility index (Phi) is 7.50. The van der Waals surface area contributed by atoms with E-state index in [-0.39, 0.29) is 5.41 Å². The second kappa shape index (κ2) is 12.8. The molecule has 0 spiro atoms. The summed E-state index contributed by atoms with van der Waals surface area (Å²) in [6.45, 7) is 4.79. The number of fused-ring (bicyclic) bond motifs is 8. The Morgan fingerprint density at radius 1 is 0.386 bits per heavy atom. The number of nitrogens with zero attached hydrogens (tertiary/aromatic N) is 1. The lowest BCUT2D eigenvalue weighted by Gasteiger charge is -2.38. The quantitative estimate of drug-likeness (QED) is 0.165. The van der Waals surface area contributed by atoms with Gasteiger partial charge >= 0.3 is 0 Å². The van der Waals surface area contributed by atoms with Gasteiger partial charge in [-0.15, -0.1) is 0 Å². The van der Waals surface area contributed by atoms with Crippen LogP contribution in [0.1, 0.15) is 47.2 Å². The molecule has 0 fully saturated rings. The van der Waals surface area contributed by atoms with Gasteiger partial charge in [0, 0.05) is 22.2 Å². The molecule has 0 heterocycles. The van der Waals surface area contributed by atoms with E-state index in [1.165, 1.54) is 83.2 Å². The van der Waals surface area contributed by atoms with E-state index >= 15 is 0 Å². The molecule has 0 aliphatic heterocycles. The van der Waals surface area contributed by atoms with E-state index in [2.05, 4.69) is 231 Å². The van der Waals surface area contributed by atoms with Crippen LogP contribution >= 0.6 is 0 Å². The molecule has 0 bridgehead atoms. The van der Waals surface area contributed by atoms with Crippen molar-refractivity contribution < 1.29 is 0 Å². The first-order valence-corrected chi connectivity index (χ1v) is 20.0. The van der Waals surface area contributed by atoms with E-state index in [1.54, 1.807) is 0 Å². The Morgan fingerprint density at radius 3 is 1.74 bits per heavy atom. The van der Waals surface area contributed by atoms with Crippen molar-refractivity contribution >= 4 is 27.8 Å². The number of hydrogen-bond donors (Lipinski definition) is 0. The molecule has 9 aromatic carbocycles. The van der Waals surface area contributed by atoms with Gasteiger partial charge in [-0.25, -0.2) is 0 Å². The van der Waals surface area contributed by atoms with E-state index in [4.69, 9.17) is 0 Å². The first kappa shape index (κ1) is 33.4. The molecule has 0 saturated heterocycles. The van der Waals surface area contributed by atoms with E-state index < -0.39 is 5.41 Å². The van der Waals surface area contributed by atoms with Crippen LogP contribution in [0.25, 0.3) is 44.2 Å². The highest BCUT2D eigenvalue weighted by molar-refractivity contribution is 6.03.